The Morgan fingerprint density at radius 2 is 1.85 bits per heavy atom. The van der Waals surface area contributed by atoms with Crippen LogP contribution in [0.25, 0.3) is 11.3 Å². The summed E-state index contributed by atoms with van der Waals surface area (Å²) >= 11 is 6.58. The van der Waals surface area contributed by atoms with Crippen molar-refractivity contribution in [2.75, 3.05) is 45.6 Å². The van der Waals surface area contributed by atoms with Crippen LogP contribution in [0.5, 0.6) is 0 Å². The number of hydrogen-bond acceptors (Lipinski definition) is 6. The number of nitrogens with zero attached hydrogens (tertiary/aromatic N) is 4. The van der Waals surface area contributed by atoms with Crippen LogP contribution in [0, 0.1) is 11.8 Å². The molecule has 3 aromatic rings. The summed E-state index contributed by atoms with van der Waals surface area (Å²) in [5.74, 6) is 6.54. The van der Waals surface area contributed by atoms with Crippen LogP contribution in [0.4, 0.5) is 0 Å². The van der Waals surface area contributed by atoms with Gasteiger partial charge < -0.3 is 10.1 Å². The Bertz CT molecular complexity index is 1580. The average Bonchev–Trinajstić information content (AvgIpc) is 3.57. The molecule has 0 bridgehead atoms. The Morgan fingerprint density at radius 3 is 2.67 bits per heavy atom. The fourth-order valence-electron chi connectivity index (χ4n) is 5.72. The molecular weight excluding hydrogens is 546 g/mol. The van der Waals surface area contributed by atoms with Gasteiger partial charge in [-0.15, -0.1) is 0 Å². The highest BCUT2D eigenvalue weighted by molar-refractivity contribution is 7.88. The highest BCUT2D eigenvalue weighted by atomic mass is 35.5. The first kappa shape index (κ1) is 27.5. The van der Waals surface area contributed by atoms with Crippen LogP contribution in [0.15, 0.2) is 36.4 Å². The molecule has 0 aliphatic carbocycles. The molecule has 0 unspecified atom stereocenters. The molecule has 210 valence electrons. The van der Waals surface area contributed by atoms with Gasteiger partial charge in [-0.25, -0.2) is 8.42 Å². The van der Waals surface area contributed by atoms with Crippen LogP contribution in [0.1, 0.15) is 39.9 Å². The van der Waals surface area contributed by atoms with Crippen molar-refractivity contribution in [3.63, 3.8) is 0 Å². The number of halogens is 1. The van der Waals surface area contributed by atoms with Gasteiger partial charge in [0.2, 0.25) is 10.0 Å². The third-order valence-corrected chi connectivity index (χ3v) is 9.51. The average molecular weight is 580 g/mol. The quantitative estimate of drug-likeness (QED) is 0.452. The highest BCUT2D eigenvalue weighted by Crippen LogP contribution is 2.33. The van der Waals surface area contributed by atoms with Gasteiger partial charge in [0.1, 0.15) is 0 Å². The smallest absolute Gasteiger partial charge is 0.211 e. The molecule has 0 amide bonds. The van der Waals surface area contributed by atoms with Gasteiger partial charge in [-0.2, -0.15) is 9.40 Å². The molecule has 0 spiro atoms. The van der Waals surface area contributed by atoms with Crippen LogP contribution >= 0.6 is 11.6 Å². The van der Waals surface area contributed by atoms with Crippen molar-refractivity contribution in [1.82, 2.24) is 24.3 Å². The van der Waals surface area contributed by atoms with Gasteiger partial charge in [0, 0.05) is 86.7 Å². The zero-order valence-electron chi connectivity index (χ0n) is 22.7. The maximum Gasteiger partial charge on any atom is 0.211 e. The van der Waals surface area contributed by atoms with E-state index in [0.29, 0.717) is 24.5 Å². The zero-order chi connectivity index (χ0) is 27.7. The van der Waals surface area contributed by atoms with Gasteiger partial charge >= 0.3 is 0 Å². The summed E-state index contributed by atoms with van der Waals surface area (Å²) < 4.78 is 34.0. The van der Waals surface area contributed by atoms with Crippen molar-refractivity contribution < 1.29 is 13.2 Å². The minimum atomic E-state index is -3.32. The molecule has 3 aliphatic heterocycles. The fraction of sp³-hybridized carbons (Fsp3) is 0.433. The SMILES string of the molecule is CS(=O)(=O)N1CCc2c(c(-c3ccc(Cl)c(C#Cc4ccc5c(c4)CNC5)c3)nn2CCCN2CCOCC2)C1. The van der Waals surface area contributed by atoms with Crippen LogP contribution in [0.3, 0.4) is 0 Å². The van der Waals surface area contributed by atoms with E-state index in [2.05, 4.69) is 38.9 Å². The Balaban J connectivity index is 1.30. The molecule has 1 N–H and O–H groups in total. The van der Waals surface area contributed by atoms with Crippen molar-refractivity contribution in [2.45, 2.75) is 39.0 Å². The van der Waals surface area contributed by atoms with Crippen molar-refractivity contribution in [3.8, 4) is 23.1 Å². The minimum absolute atomic E-state index is 0.319. The van der Waals surface area contributed by atoms with E-state index in [4.69, 9.17) is 21.4 Å². The fourth-order valence-corrected chi connectivity index (χ4v) is 6.67. The normalized spacial score (nSPS) is 17.8. The summed E-state index contributed by atoms with van der Waals surface area (Å²) in [5.41, 5.74) is 8.07. The molecule has 2 aromatic carbocycles. The van der Waals surface area contributed by atoms with Crippen molar-refractivity contribution >= 4 is 21.6 Å². The van der Waals surface area contributed by atoms with Crippen LogP contribution in [-0.2, 0) is 47.4 Å². The zero-order valence-corrected chi connectivity index (χ0v) is 24.3. The maximum absolute atomic E-state index is 12.4. The summed E-state index contributed by atoms with van der Waals surface area (Å²) in [6.07, 6.45) is 2.88. The second-order valence-corrected chi connectivity index (χ2v) is 13.1. The van der Waals surface area contributed by atoms with E-state index in [9.17, 15) is 8.42 Å². The molecule has 1 saturated heterocycles. The largest absolute Gasteiger partial charge is 0.379 e. The molecule has 8 nitrogen and oxygen atoms in total. The molecule has 0 atom stereocenters. The van der Waals surface area contributed by atoms with E-state index in [-0.39, 0.29) is 0 Å². The summed E-state index contributed by atoms with van der Waals surface area (Å²) in [5, 5.41) is 8.99. The topological polar surface area (TPSA) is 79.7 Å². The highest BCUT2D eigenvalue weighted by Gasteiger charge is 2.30. The molecule has 40 heavy (non-hydrogen) atoms. The molecule has 10 heteroatoms. The van der Waals surface area contributed by atoms with Crippen LogP contribution < -0.4 is 5.32 Å². The summed E-state index contributed by atoms with van der Waals surface area (Å²) in [7, 11) is -3.32. The lowest BCUT2D eigenvalue weighted by Crippen LogP contribution is -2.37. The van der Waals surface area contributed by atoms with E-state index in [1.807, 2.05) is 24.3 Å². The van der Waals surface area contributed by atoms with Gasteiger partial charge in [-0.1, -0.05) is 35.6 Å². The molecule has 1 aromatic heterocycles. The van der Waals surface area contributed by atoms with E-state index in [1.54, 1.807) is 0 Å². The van der Waals surface area contributed by atoms with Crippen LogP contribution in [-0.4, -0.2) is 73.1 Å². The van der Waals surface area contributed by atoms with Gasteiger partial charge in [-0.05, 0) is 41.8 Å². The molecule has 6 rings (SSSR count). The van der Waals surface area contributed by atoms with Crippen LogP contribution in [0.2, 0.25) is 5.02 Å². The Labute approximate surface area is 241 Å². The molecule has 0 saturated carbocycles. The van der Waals surface area contributed by atoms with Gasteiger partial charge in [0.05, 0.1) is 30.2 Å². The summed E-state index contributed by atoms with van der Waals surface area (Å²) in [6, 6.07) is 12.1. The molecule has 3 aliphatic rings. The lowest BCUT2D eigenvalue weighted by Gasteiger charge is -2.27. The minimum Gasteiger partial charge on any atom is -0.379 e. The number of ether oxygens (including phenoxy) is 1. The monoisotopic (exact) mass is 579 g/mol. The maximum atomic E-state index is 12.4. The van der Waals surface area contributed by atoms with E-state index < -0.39 is 10.0 Å². The number of aryl methyl sites for hydroxylation is 1. The number of rotatable bonds is 6. The number of benzene rings is 2. The van der Waals surface area contributed by atoms with Gasteiger partial charge in [-0.3, -0.25) is 9.58 Å². The van der Waals surface area contributed by atoms with E-state index in [0.717, 1.165) is 92.5 Å². The third kappa shape index (κ3) is 5.98. The number of sulfonamides is 1. The second kappa shape index (κ2) is 11.6. The first-order valence-corrected chi connectivity index (χ1v) is 16.1. The number of aromatic nitrogens is 2. The first-order chi connectivity index (χ1) is 19.3. The Morgan fingerprint density at radius 1 is 1.02 bits per heavy atom. The summed E-state index contributed by atoms with van der Waals surface area (Å²) in [6.45, 7) is 7.82. The second-order valence-electron chi connectivity index (χ2n) is 10.7. The lowest BCUT2D eigenvalue weighted by molar-refractivity contribution is 0.0368. The third-order valence-electron chi connectivity index (χ3n) is 7.93. The Hall–Kier alpha value is -2.71. The van der Waals surface area contributed by atoms with Crippen molar-refractivity contribution in [2.24, 2.45) is 0 Å². The molecule has 0 radical (unpaired) electrons. The summed E-state index contributed by atoms with van der Waals surface area (Å²) in [4.78, 5) is 2.42. The number of fused-ring (bicyclic) bond motifs is 2. The van der Waals surface area contributed by atoms with E-state index >= 15 is 0 Å². The van der Waals surface area contributed by atoms with Crippen molar-refractivity contribution in [1.29, 1.82) is 0 Å². The standard InChI is InChI=1S/C30H34ClN5O3S/c1-40(37,38)35-12-9-29-27(21-35)30(33-36(29)11-2-10-34-13-15-39-16-14-34)24-7-8-28(31)23(18-24)5-3-22-4-6-25-19-32-20-26(25)17-22/h4,6-8,17-18,32H,2,9-16,19-21H2,1H3. The Kier molecular flexibility index (Phi) is 8.00. The molecule has 4 heterocycles. The predicted molar refractivity (Wildman–Crippen MR) is 156 cm³/mol. The van der Waals surface area contributed by atoms with Gasteiger partial charge in [0.25, 0.3) is 0 Å². The van der Waals surface area contributed by atoms with E-state index in [1.165, 1.54) is 21.7 Å². The van der Waals surface area contributed by atoms with Crippen molar-refractivity contribution in [3.05, 3.63) is 74.9 Å². The molecule has 1 fully saturated rings. The predicted octanol–water partition coefficient (Wildman–Crippen LogP) is 3.25. The molecular formula is C30H34ClN5O3S. The van der Waals surface area contributed by atoms with Gasteiger partial charge in [0.15, 0.2) is 0 Å². The number of morpholine rings is 1. The lowest BCUT2D eigenvalue weighted by atomic mass is 10.0. The number of hydrogen-bond donors (Lipinski definition) is 1. The number of nitrogens with one attached hydrogen (secondary N) is 1. The first-order valence-electron chi connectivity index (χ1n) is 13.8.